The molecule has 27 heavy (non-hydrogen) atoms. The fraction of sp³-hybridized carbons (Fsp3) is 0.579. The second-order valence-electron chi connectivity index (χ2n) is 8.55. The molecule has 8 heteroatoms. The van der Waals surface area contributed by atoms with E-state index in [1.165, 1.54) is 0 Å². The molecule has 0 unspecified atom stereocenters. The molecule has 0 radical (unpaired) electrons. The predicted molar refractivity (Wildman–Crippen MR) is 110 cm³/mol. The molecule has 1 fully saturated rings. The van der Waals surface area contributed by atoms with Gasteiger partial charge in [-0.1, -0.05) is 12.1 Å². The van der Waals surface area contributed by atoms with Gasteiger partial charge >= 0.3 is 13.2 Å². The summed E-state index contributed by atoms with van der Waals surface area (Å²) >= 11 is 3.45. The fourth-order valence-electron chi connectivity index (χ4n) is 2.39. The second kappa shape index (κ2) is 7.93. The van der Waals surface area contributed by atoms with E-state index in [0.717, 1.165) is 11.0 Å². The maximum atomic E-state index is 12.1. The Morgan fingerprint density at radius 3 is 2.41 bits per heavy atom. The summed E-state index contributed by atoms with van der Waals surface area (Å²) in [5.41, 5.74) is 0.121. The Kier molecular flexibility index (Phi) is 6.44. The van der Waals surface area contributed by atoms with Crippen LogP contribution < -0.4 is 5.32 Å². The third kappa shape index (κ3) is 5.80. The number of hydrogen-bond donors (Lipinski definition) is 1. The number of ether oxygens (including phenoxy) is 1. The molecule has 148 valence electrons. The summed E-state index contributed by atoms with van der Waals surface area (Å²) < 4.78 is 18.3. The van der Waals surface area contributed by atoms with Crippen molar-refractivity contribution in [2.45, 2.75) is 65.3 Å². The molecule has 6 nitrogen and oxygen atoms in total. The van der Waals surface area contributed by atoms with Gasteiger partial charge in [0.2, 0.25) is 0 Å². The molecule has 2 heterocycles. The molecule has 0 aliphatic carbocycles. The van der Waals surface area contributed by atoms with Gasteiger partial charge in [-0.3, -0.25) is 0 Å². The molecular formula is C19H28BBrN2O4. The van der Waals surface area contributed by atoms with Crippen LogP contribution in [0.5, 0.6) is 0 Å². The highest BCUT2D eigenvalue weighted by Gasteiger charge is 2.52. The van der Waals surface area contributed by atoms with Crippen LogP contribution in [0.2, 0.25) is 0 Å². The summed E-state index contributed by atoms with van der Waals surface area (Å²) in [5.74, 6) is 0. The Balaban J connectivity index is 2.25. The summed E-state index contributed by atoms with van der Waals surface area (Å²) in [4.78, 5) is 16.3. The van der Waals surface area contributed by atoms with Crippen molar-refractivity contribution in [3.8, 4) is 0 Å². The minimum absolute atomic E-state index is 0.229. The van der Waals surface area contributed by atoms with Crippen LogP contribution >= 0.6 is 15.9 Å². The molecule has 1 aliphatic rings. The zero-order valence-electron chi connectivity index (χ0n) is 17.1. The number of hydrogen-bond acceptors (Lipinski definition) is 5. The van der Waals surface area contributed by atoms with E-state index < -0.39 is 30.0 Å². The number of rotatable bonds is 4. The van der Waals surface area contributed by atoms with Crippen LogP contribution in [0, 0.1) is 0 Å². The molecule has 1 aromatic heterocycles. The van der Waals surface area contributed by atoms with E-state index in [-0.39, 0.29) is 6.54 Å². The minimum atomic E-state index is -0.586. The molecule has 0 bridgehead atoms. The Morgan fingerprint density at radius 2 is 1.89 bits per heavy atom. The van der Waals surface area contributed by atoms with E-state index in [2.05, 4.69) is 26.2 Å². The maximum absolute atomic E-state index is 12.1. The zero-order chi connectivity index (χ0) is 20.5. The average Bonchev–Trinajstić information content (AvgIpc) is 2.71. The summed E-state index contributed by atoms with van der Waals surface area (Å²) in [6, 6.07) is 3.77. The van der Waals surface area contributed by atoms with Crippen molar-refractivity contribution in [3.63, 3.8) is 0 Å². The van der Waals surface area contributed by atoms with E-state index in [1.807, 2.05) is 66.7 Å². The van der Waals surface area contributed by atoms with Crippen LogP contribution in [-0.4, -0.2) is 41.5 Å². The Hall–Kier alpha value is -1.38. The van der Waals surface area contributed by atoms with Crippen molar-refractivity contribution >= 4 is 35.2 Å². The summed E-state index contributed by atoms with van der Waals surface area (Å²) in [6.07, 6.45) is 3.13. The highest BCUT2D eigenvalue weighted by Crippen LogP contribution is 2.38. The van der Waals surface area contributed by atoms with Gasteiger partial charge in [0, 0.05) is 18.3 Å². The van der Waals surface area contributed by atoms with E-state index >= 15 is 0 Å². The first-order chi connectivity index (χ1) is 12.3. The topological polar surface area (TPSA) is 69.7 Å². The maximum Gasteiger partial charge on any atom is 0.492 e. The normalized spacial score (nSPS) is 19.1. The van der Waals surface area contributed by atoms with E-state index in [0.29, 0.717) is 4.60 Å². The molecule has 0 spiro atoms. The highest BCUT2D eigenvalue weighted by molar-refractivity contribution is 9.10. The lowest BCUT2D eigenvalue weighted by molar-refractivity contribution is 0.00578. The van der Waals surface area contributed by atoms with Gasteiger partial charge in [0.05, 0.1) is 11.2 Å². The van der Waals surface area contributed by atoms with Gasteiger partial charge in [-0.2, -0.15) is 0 Å². The van der Waals surface area contributed by atoms with E-state index in [1.54, 1.807) is 6.20 Å². The SMILES string of the molecule is CC(C)(C)OC(=O)NCC(=Cc1cccnc1Br)B1OC(C)(C)C(C)(C)O1. The summed E-state index contributed by atoms with van der Waals surface area (Å²) in [5, 5.41) is 2.79. The van der Waals surface area contributed by atoms with Crippen molar-refractivity contribution in [1.29, 1.82) is 0 Å². The molecule has 1 saturated heterocycles. The molecule has 2 rings (SSSR count). The molecule has 1 N–H and O–H groups in total. The van der Waals surface area contributed by atoms with Crippen LogP contribution in [0.1, 0.15) is 54.0 Å². The molecule has 1 aliphatic heterocycles. The standard InChI is InChI=1S/C19H28BBrN2O4/c1-17(2,3)25-16(24)23-12-14(11-13-9-8-10-22-15(13)21)20-26-18(4,5)19(6,7)27-20/h8-11H,12H2,1-7H3,(H,23,24). The van der Waals surface area contributed by atoms with Crippen molar-refractivity contribution < 1.29 is 18.8 Å². The Labute approximate surface area is 170 Å². The summed E-state index contributed by atoms with van der Waals surface area (Å²) in [7, 11) is -0.586. The smallest absolute Gasteiger partial charge is 0.444 e. The summed E-state index contributed by atoms with van der Waals surface area (Å²) in [6.45, 7) is 13.7. The molecule has 0 saturated carbocycles. The van der Waals surface area contributed by atoms with Gasteiger partial charge in [-0.05, 0) is 75.9 Å². The largest absolute Gasteiger partial charge is 0.492 e. The van der Waals surface area contributed by atoms with Crippen LogP contribution in [-0.2, 0) is 14.0 Å². The first kappa shape index (κ1) is 21.9. The van der Waals surface area contributed by atoms with E-state index in [4.69, 9.17) is 14.0 Å². The number of nitrogens with one attached hydrogen (secondary N) is 1. The molecular weight excluding hydrogens is 411 g/mol. The second-order valence-corrected chi connectivity index (χ2v) is 9.30. The highest BCUT2D eigenvalue weighted by atomic mass is 79.9. The van der Waals surface area contributed by atoms with Crippen molar-refractivity contribution in [2.24, 2.45) is 0 Å². The zero-order valence-corrected chi connectivity index (χ0v) is 18.6. The lowest BCUT2D eigenvalue weighted by atomic mass is 9.77. The van der Waals surface area contributed by atoms with E-state index in [9.17, 15) is 4.79 Å². The monoisotopic (exact) mass is 438 g/mol. The van der Waals surface area contributed by atoms with Crippen LogP contribution in [0.3, 0.4) is 0 Å². The van der Waals surface area contributed by atoms with Gasteiger partial charge in [0.1, 0.15) is 10.2 Å². The third-order valence-electron chi connectivity index (χ3n) is 4.52. The van der Waals surface area contributed by atoms with Gasteiger partial charge in [-0.15, -0.1) is 0 Å². The molecule has 0 atom stereocenters. The molecule has 0 aromatic carbocycles. The number of pyridine rings is 1. The fourth-order valence-corrected chi connectivity index (χ4v) is 2.76. The van der Waals surface area contributed by atoms with Gasteiger partial charge in [0.15, 0.2) is 0 Å². The van der Waals surface area contributed by atoms with Crippen LogP contribution in [0.25, 0.3) is 6.08 Å². The molecule has 1 aromatic rings. The first-order valence-corrected chi connectivity index (χ1v) is 9.73. The van der Waals surface area contributed by atoms with Gasteiger partial charge in [0.25, 0.3) is 0 Å². The average molecular weight is 439 g/mol. The van der Waals surface area contributed by atoms with Crippen molar-refractivity contribution in [2.75, 3.05) is 6.54 Å². The van der Waals surface area contributed by atoms with Crippen molar-refractivity contribution in [3.05, 3.63) is 34.0 Å². The number of halogens is 1. The first-order valence-electron chi connectivity index (χ1n) is 8.94. The number of alkyl carbamates (subject to hydrolysis) is 1. The van der Waals surface area contributed by atoms with Gasteiger partial charge in [-0.25, -0.2) is 9.78 Å². The molecule has 1 amide bonds. The number of carbonyl (C=O) groups is 1. The quantitative estimate of drug-likeness (QED) is 0.557. The Morgan fingerprint density at radius 1 is 1.30 bits per heavy atom. The lowest BCUT2D eigenvalue weighted by Gasteiger charge is -2.32. The third-order valence-corrected chi connectivity index (χ3v) is 5.18. The predicted octanol–water partition coefficient (Wildman–Crippen LogP) is 4.38. The number of nitrogens with zero attached hydrogens (tertiary/aromatic N) is 1. The number of amides is 1. The van der Waals surface area contributed by atoms with Crippen molar-refractivity contribution in [1.82, 2.24) is 10.3 Å². The van der Waals surface area contributed by atoms with Gasteiger partial charge < -0.3 is 19.4 Å². The van der Waals surface area contributed by atoms with Crippen LogP contribution in [0.15, 0.2) is 28.4 Å². The minimum Gasteiger partial charge on any atom is -0.444 e. The lowest BCUT2D eigenvalue weighted by Crippen LogP contribution is -2.41. The Bertz CT molecular complexity index is 713. The van der Waals surface area contributed by atoms with Crippen LogP contribution in [0.4, 0.5) is 4.79 Å². The number of aromatic nitrogens is 1. The number of carbonyl (C=O) groups excluding carboxylic acids is 1.